The minimum atomic E-state index is -0.480. The van der Waals surface area contributed by atoms with Gasteiger partial charge in [0.15, 0.2) is 0 Å². The number of nitrogens with one attached hydrogen (secondary N) is 2. The third-order valence-corrected chi connectivity index (χ3v) is 3.42. The quantitative estimate of drug-likeness (QED) is 0.579. The van der Waals surface area contributed by atoms with Gasteiger partial charge in [-0.2, -0.15) is 0 Å². The summed E-state index contributed by atoms with van der Waals surface area (Å²) in [6, 6.07) is 4.55. The van der Waals surface area contributed by atoms with Crippen molar-refractivity contribution in [1.29, 1.82) is 0 Å². The fraction of sp³-hybridized carbons (Fsp3) is 0.529. The molecule has 0 saturated heterocycles. The van der Waals surface area contributed by atoms with Crippen LogP contribution in [-0.2, 0) is 9.59 Å². The van der Waals surface area contributed by atoms with Gasteiger partial charge in [-0.3, -0.25) is 24.6 Å². The topological polar surface area (TPSA) is 105 Å². The first kappa shape index (κ1) is 20.6. The van der Waals surface area contributed by atoms with Crippen molar-refractivity contribution in [3.63, 3.8) is 0 Å². The molecular formula is C17H26N4O4. The van der Waals surface area contributed by atoms with Crippen LogP contribution in [0.15, 0.2) is 18.2 Å². The molecule has 0 aliphatic rings. The summed E-state index contributed by atoms with van der Waals surface area (Å²) in [5, 5.41) is 16.5. The van der Waals surface area contributed by atoms with Gasteiger partial charge in [0, 0.05) is 24.6 Å². The molecule has 0 aliphatic heterocycles. The van der Waals surface area contributed by atoms with E-state index in [0.29, 0.717) is 17.8 Å². The van der Waals surface area contributed by atoms with Gasteiger partial charge in [0.1, 0.15) is 0 Å². The number of nitro benzene ring substituents is 1. The molecule has 0 aromatic heterocycles. The Morgan fingerprint density at radius 3 is 2.44 bits per heavy atom. The fourth-order valence-electron chi connectivity index (χ4n) is 2.24. The van der Waals surface area contributed by atoms with Crippen molar-refractivity contribution in [2.45, 2.75) is 39.7 Å². The van der Waals surface area contributed by atoms with Crippen molar-refractivity contribution in [2.24, 2.45) is 0 Å². The van der Waals surface area contributed by atoms with E-state index in [0.717, 1.165) is 0 Å². The molecule has 0 radical (unpaired) electrons. The zero-order valence-electron chi connectivity index (χ0n) is 15.4. The Bertz CT molecular complexity index is 653. The molecule has 0 saturated carbocycles. The van der Waals surface area contributed by atoms with E-state index in [1.807, 2.05) is 20.8 Å². The minimum absolute atomic E-state index is 0.0335. The lowest BCUT2D eigenvalue weighted by Crippen LogP contribution is -2.45. The molecule has 8 nitrogen and oxygen atoms in total. The highest BCUT2D eigenvalue weighted by molar-refractivity contribution is 5.92. The van der Waals surface area contributed by atoms with E-state index < -0.39 is 4.92 Å². The largest absolute Gasteiger partial charge is 0.350 e. The molecule has 138 valence electrons. The van der Waals surface area contributed by atoms with E-state index in [1.54, 1.807) is 24.9 Å². The molecule has 0 aliphatic carbocycles. The number of benzene rings is 1. The number of hydrogen-bond acceptors (Lipinski definition) is 5. The number of nitro groups is 1. The lowest BCUT2D eigenvalue weighted by molar-refractivity contribution is -0.385. The van der Waals surface area contributed by atoms with E-state index in [-0.39, 0.29) is 36.0 Å². The highest BCUT2D eigenvalue weighted by atomic mass is 16.6. The second kappa shape index (κ2) is 8.57. The van der Waals surface area contributed by atoms with E-state index >= 15 is 0 Å². The van der Waals surface area contributed by atoms with E-state index in [4.69, 9.17) is 0 Å². The van der Waals surface area contributed by atoms with Crippen LogP contribution >= 0.6 is 0 Å². The number of nitrogens with zero attached hydrogens (tertiary/aromatic N) is 2. The van der Waals surface area contributed by atoms with Crippen molar-refractivity contribution in [1.82, 2.24) is 10.2 Å². The normalized spacial score (nSPS) is 11.3. The van der Waals surface area contributed by atoms with E-state index in [2.05, 4.69) is 10.6 Å². The first-order valence-corrected chi connectivity index (χ1v) is 8.03. The van der Waals surface area contributed by atoms with Crippen LogP contribution in [0.1, 0.15) is 32.8 Å². The molecule has 0 heterocycles. The van der Waals surface area contributed by atoms with Gasteiger partial charge in [-0.1, -0.05) is 6.07 Å². The third-order valence-electron chi connectivity index (χ3n) is 3.42. The summed E-state index contributed by atoms with van der Waals surface area (Å²) < 4.78 is 0. The summed E-state index contributed by atoms with van der Waals surface area (Å²) in [5.74, 6) is -0.364. The van der Waals surface area contributed by atoms with Crippen molar-refractivity contribution in [2.75, 3.05) is 25.5 Å². The number of likely N-dealkylation sites (N-methyl/N-ethyl adjacent to an activating group) is 1. The molecule has 0 fully saturated rings. The summed E-state index contributed by atoms with van der Waals surface area (Å²) in [5.41, 5.74) is 0.509. The standard InChI is InChI=1S/C17H26N4O4/c1-12-13(7-6-8-14(12)21(24)25)18-15(22)9-10-20(5)11-16(23)19-17(2,3)4/h6-8H,9-11H2,1-5H3,(H,18,22)(H,19,23). The number of hydrogen-bond donors (Lipinski definition) is 2. The second-order valence-electron chi connectivity index (χ2n) is 7.04. The molecule has 0 spiro atoms. The van der Waals surface area contributed by atoms with Gasteiger partial charge < -0.3 is 10.6 Å². The Balaban J connectivity index is 2.52. The van der Waals surface area contributed by atoms with Gasteiger partial charge in [-0.05, 0) is 40.8 Å². The molecule has 0 unspecified atom stereocenters. The maximum absolute atomic E-state index is 12.1. The highest BCUT2D eigenvalue weighted by Crippen LogP contribution is 2.25. The molecule has 1 rings (SSSR count). The van der Waals surface area contributed by atoms with Crippen LogP contribution in [0, 0.1) is 17.0 Å². The molecule has 8 heteroatoms. The van der Waals surface area contributed by atoms with Gasteiger partial charge >= 0.3 is 0 Å². The Kier molecular flexibility index (Phi) is 7.05. The predicted octanol–water partition coefficient (Wildman–Crippen LogP) is 2.08. The summed E-state index contributed by atoms with van der Waals surface area (Å²) in [6.07, 6.45) is 0.182. The van der Waals surface area contributed by atoms with Gasteiger partial charge in [-0.25, -0.2) is 0 Å². The van der Waals surface area contributed by atoms with Gasteiger partial charge in [0.05, 0.1) is 22.7 Å². The summed E-state index contributed by atoms with van der Waals surface area (Å²) >= 11 is 0. The van der Waals surface area contributed by atoms with Crippen LogP contribution < -0.4 is 10.6 Å². The molecule has 1 aromatic carbocycles. The monoisotopic (exact) mass is 350 g/mol. The maximum atomic E-state index is 12.1. The smallest absolute Gasteiger partial charge is 0.274 e. The van der Waals surface area contributed by atoms with Crippen LogP contribution in [0.3, 0.4) is 0 Å². The molecule has 0 atom stereocenters. The number of carbonyl (C=O) groups excluding carboxylic acids is 2. The molecular weight excluding hydrogens is 324 g/mol. The van der Waals surface area contributed by atoms with Gasteiger partial charge in [-0.15, -0.1) is 0 Å². The number of anilines is 1. The molecule has 0 bridgehead atoms. The van der Waals surface area contributed by atoms with Crippen LogP contribution in [0.25, 0.3) is 0 Å². The van der Waals surface area contributed by atoms with Crippen molar-refractivity contribution in [3.05, 3.63) is 33.9 Å². The lowest BCUT2D eigenvalue weighted by atomic mass is 10.1. The average molecular weight is 350 g/mol. The first-order chi connectivity index (χ1) is 11.5. The number of rotatable bonds is 7. The lowest BCUT2D eigenvalue weighted by Gasteiger charge is -2.23. The zero-order valence-corrected chi connectivity index (χ0v) is 15.4. The molecule has 1 aromatic rings. The van der Waals surface area contributed by atoms with Gasteiger partial charge in [0.2, 0.25) is 11.8 Å². The highest BCUT2D eigenvalue weighted by Gasteiger charge is 2.17. The second-order valence-corrected chi connectivity index (χ2v) is 7.04. The Hall–Kier alpha value is -2.48. The predicted molar refractivity (Wildman–Crippen MR) is 96.5 cm³/mol. The van der Waals surface area contributed by atoms with Crippen molar-refractivity contribution >= 4 is 23.2 Å². The zero-order chi connectivity index (χ0) is 19.2. The van der Waals surface area contributed by atoms with E-state index in [9.17, 15) is 19.7 Å². The van der Waals surface area contributed by atoms with Crippen LogP contribution in [0.4, 0.5) is 11.4 Å². The third kappa shape index (κ3) is 7.30. The maximum Gasteiger partial charge on any atom is 0.274 e. The number of carbonyl (C=O) groups is 2. The molecule has 2 N–H and O–H groups in total. The number of amides is 2. The van der Waals surface area contributed by atoms with Crippen molar-refractivity contribution in [3.8, 4) is 0 Å². The molecule has 2 amide bonds. The van der Waals surface area contributed by atoms with Gasteiger partial charge in [0.25, 0.3) is 5.69 Å². The Morgan fingerprint density at radius 2 is 1.88 bits per heavy atom. The summed E-state index contributed by atoms with van der Waals surface area (Å²) in [4.78, 5) is 36.1. The van der Waals surface area contributed by atoms with Crippen LogP contribution in [0.2, 0.25) is 0 Å². The average Bonchev–Trinajstić information content (AvgIpc) is 2.45. The fourth-order valence-corrected chi connectivity index (χ4v) is 2.24. The summed E-state index contributed by atoms with van der Waals surface area (Å²) in [7, 11) is 1.76. The Labute approximate surface area is 147 Å². The van der Waals surface area contributed by atoms with Crippen LogP contribution in [0.5, 0.6) is 0 Å². The minimum Gasteiger partial charge on any atom is -0.350 e. The van der Waals surface area contributed by atoms with Crippen LogP contribution in [-0.4, -0.2) is 47.3 Å². The first-order valence-electron chi connectivity index (χ1n) is 8.03. The summed E-state index contributed by atoms with van der Waals surface area (Å²) in [6.45, 7) is 7.90. The van der Waals surface area contributed by atoms with E-state index in [1.165, 1.54) is 12.1 Å². The molecule has 25 heavy (non-hydrogen) atoms. The Morgan fingerprint density at radius 1 is 1.24 bits per heavy atom. The SMILES string of the molecule is Cc1c(NC(=O)CCN(C)CC(=O)NC(C)(C)C)cccc1[N+](=O)[O-]. The van der Waals surface area contributed by atoms with Crippen molar-refractivity contribution < 1.29 is 14.5 Å².